The van der Waals surface area contributed by atoms with Crippen molar-refractivity contribution in [3.8, 4) is 11.1 Å². The van der Waals surface area contributed by atoms with Gasteiger partial charge in [-0.1, -0.05) is 54.1 Å². The Hall–Kier alpha value is -4.43. The summed E-state index contributed by atoms with van der Waals surface area (Å²) in [6, 6.07) is 22.1. The molecule has 9 heteroatoms. The number of aromatic nitrogens is 1. The van der Waals surface area contributed by atoms with E-state index in [0.717, 1.165) is 22.2 Å². The zero-order chi connectivity index (χ0) is 27.7. The van der Waals surface area contributed by atoms with Crippen molar-refractivity contribution in [3.05, 3.63) is 99.3 Å². The Morgan fingerprint density at radius 1 is 1.03 bits per heavy atom. The van der Waals surface area contributed by atoms with Gasteiger partial charge in [0.25, 0.3) is 5.56 Å². The third kappa shape index (κ3) is 5.28. The van der Waals surface area contributed by atoms with Gasteiger partial charge in [-0.25, -0.2) is 5.01 Å². The zero-order valence-corrected chi connectivity index (χ0v) is 22.3. The van der Waals surface area contributed by atoms with Crippen LogP contribution in [0.15, 0.2) is 82.7 Å². The monoisotopic (exact) mass is 542 g/mol. The molecule has 1 aliphatic heterocycles. The molecule has 3 aromatic carbocycles. The number of nitrogens with zero attached hydrogens (tertiary/aromatic N) is 3. The van der Waals surface area contributed by atoms with Gasteiger partial charge in [0, 0.05) is 54.1 Å². The maximum absolute atomic E-state index is 13.6. The number of aliphatic carboxylic acids is 1. The smallest absolute Gasteiger partial charge is 0.303 e. The Balaban J connectivity index is 1.67. The van der Waals surface area contributed by atoms with Gasteiger partial charge in [-0.3, -0.25) is 14.4 Å². The molecule has 0 aliphatic carbocycles. The van der Waals surface area contributed by atoms with Gasteiger partial charge in [-0.05, 0) is 41.5 Å². The highest BCUT2D eigenvalue weighted by atomic mass is 35.5. The summed E-state index contributed by atoms with van der Waals surface area (Å²) in [4.78, 5) is 42.9. The number of hydrogen-bond acceptors (Lipinski definition) is 5. The van der Waals surface area contributed by atoms with E-state index >= 15 is 0 Å². The molecule has 2 heterocycles. The number of hydrazone groups is 1. The van der Waals surface area contributed by atoms with Crippen molar-refractivity contribution < 1.29 is 14.7 Å². The van der Waals surface area contributed by atoms with E-state index in [4.69, 9.17) is 16.7 Å². The van der Waals surface area contributed by atoms with Crippen LogP contribution in [0.5, 0.6) is 0 Å². The number of anilines is 1. The number of carboxylic acid groups (broad SMARTS) is 1. The minimum absolute atomic E-state index is 0.201. The molecular formula is C30H27ClN4O4. The quantitative estimate of drug-likeness (QED) is 0.323. The third-order valence-corrected chi connectivity index (χ3v) is 7.08. The Morgan fingerprint density at radius 3 is 2.41 bits per heavy atom. The van der Waals surface area contributed by atoms with E-state index in [1.807, 2.05) is 73.6 Å². The second kappa shape index (κ2) is 10.7. The summed E-state index contributed by atoms with van der Waals surface area (Å²) in [6.45, 7) is 0. The molecule has 1 aliphatic rings. The summed E-state index contributed by atoms with van der Waals surface area (Å²) in [5.41, 5.74) is 4.44. The van der Waals surface area contributed by atoms with Crippen LogP contribution < -0.4 is 10.5 Å². The van der Waals surface area contributed by atoms with Crippen molar-refractivity contribution in [3.63, 3.8) is 0 Å². The molecule has 5 rings (SSSR count). The Labute approximate surface area is 230 Å². The normalized spacial score (nSPS) is 14.9. The standard InChI is InChI=1S/C30H27ClN4O4/c1-34(2)21-11-8-18(9-12-21)25-17-24(33-35(25)26(36)14-15-27(37)38)29-28(19-6-4-3-5-7-19)22-16-20(31)10-13-23(22)32-30(29)39/h3-13,16,25H,14-15,17H2,1-2H3,(H,32,39)(H,37,38)/t25-/m1/s1. The van der Waals surface area contributed by atoms with Gasteiger partial charge < -0.3 is 15.0 Å². The van der Waals surface area contributed by atoms with E-state index in [1.54, 1.807) is 18.2 Å². The van der Waals surface area contributed by atoms with E-state index in [1.165, 1.54) is 5.01 Å². The van der Waals surface area contributed by atoms with Crippen LogP contribution in [0.25, 0.3) is 22.0 Å². The number of benzene rings is 3. The highest BCUT2D eigenvalue weighted by Crippen LogP contribution is 2.38. The Bertz CT molecular complexity index is 1650. The minimum Gasteiger partial charge on any atom is -0.481 e. The lowest BCUT2D eigenvalue weighted by atomic mass is 9.91. The fraction of sp³-hybridized carbons (Fsp3) is 0.200. The number of rotatable bonds is 7. The van der Waals surface area contributed by atoms with Gasteiger partial charge in [0.2, 0.25) is 5.91 Å². The highest BCUT2D eigenvalue weighted by Gasteiger charge is 2.35. The van der Waals surface area contributed by atoms with Gasteiger partial charge >= 0.3 is 5.97 Å². The predicted molar refractivity (Wildman–Crippen MR) is 153 cm³/mol. The lowest BCUT2D eigenvalue weighted by molar-refractivity contribution is -0.141. The van der Waals surface area contributed by atoms with Crippen molar-refractivity contribution in [2.24, 2.45) is 5.10 Å². The molecule has 0 saturated heterocycles. The van der Waals surface area contributed by atoms with Gasteiger partial charge in [0.05, 0.1) is 23.7 Å². The number of hydrogen-bond donors (Lipinski definition) is 2. The molecule has 4 aromatic rings. The number of carboxylic acids is 1. The van der Waals surface area contributed by atoms with Crippen molar-refractivity contribution in [2.45, 2.75) is 25.3 Å². The number of nitrogens with one attached hydrogen (secondary N) is 1. The molecular weight excluding hydrogens is 516 g/mol. The van der Waals surface area contributed by atoms with Crippen molar-refractivity contribution in [1.29, 1.82) is 0 Å². The molecule has 0 bridgehead atoms. The molecule has 1 aromatic heterocycles. The SMILES string of the molecule is CN(C)c1ccc([C@H]2CC(c3c(-c4ccccc4)c4cc(Cl)ccc4[nH]c3=O)=NN2C(=O)CCC(=O)O)cc1. The van der Waals surface area contributed by atoms with Gasteiger partial charge in [0.15, 0.2) is 0 Å². The fourth-order valence-electron chi connectivity index (χ4n) is 4.92. The number of aromatic amines is 1. The number of halogens is 1. The summed E-state index contributed by atoms with van der Waals surface area (Å²) < 4.78 is 0. The molecule has 39 heavy (non-hydrogen) atoms. The lowest BCUT2D eigenvalue weighted by Crippen LogP contribution is -2.27. The molecule has 8 nitrogen and oxygen atoms in total. The van der Waals surface area contributed by atoms with Gasteiger partial charge in [-0.15, -0.1) is 0 Å². The summed E-state index contributed by atoms with van der Waals surface area (Å²) in [5.74, 6) is -1.48. The first-order valence-electron chi connectivity index (χ1n) is 12.5. The number of amides is 1. The van der Waals surface area contributed by atoms with Gasteiger partial charge in [0.1, 0.15) is 0 Å². The Kier molecular flexibility index (Phi) is 7.21. The molecule has 0 spiro atoms. The van der Waals surface area contributed by atoms with Crippen LogP contribution in [-0.2, 0) is 9.59 Å². The van der Waals surface area contributed by atoms with Crippen LogP contribution in [0, 0.1) is 0 Å². The largest absolute Gasteiger partial charge is 0.481 e. The van der Waals surface area contributed by atoms with E-state index in [2.05, 4.69) is 10.1 Å². The van der Waals surface area contributed by atoms with E-state index in [0.29, 0.717) is 27.4 Å². The first kappa shape index (κ1) is 26.2. The summed E-state index contributed by atoms with van der Waals surface area (Å²) in [5, 5.41) is 16.4. The van der Waals surface area contributed by atoms with Crippen molar-refractivity contribution >= 4 is 45.8 Å². The topological polar surface area (TPSA) is 106 Å². The summed E-state index contributed by atoms with van der Waals surface area (Å²) >= 11 is 6.37. The number of carbonyl (C=O) groups is 2. The molecule has 0 fully saturated rings. The van der Waals surface area contributed by atoms with Crippen molar-refractivity contribution in [2.75, 3.05) is 19.0 Å². The summed E-state index contributed by atoms with van der Waals surface area (Å²) in [7, 11) is 3.88. The highest BCUT2D eigenvalue weighted by molar-refractivity contribution is 6.31. The van der Waals surface area contributed by atoms with E-state index in [-0.39, 0.29) is 24.8 Å². The average Bonchev–Trinajstić information content (AvgIpc) is 3.37. The molecule has 0 saturated carbocycles. The number of pyridine rings is 1. The number of fused-ring (bicyclic) bond motifs is 1. The van der Waals surface area contributed by atoms with Crippen LogP contribution in [0.2, 0.25) is 5.02 Å². The van der Waals surface area contributed by atoms with Crippen molar-refractivity contribution in [1.82, 2.24) is 9.99 Å². The van der Waals surface area contributed by atoms with E-state index in [9.17, 15) is 14.4 Å². The minimum atomic E-state index is -1.06. The van der Waals surface area contributed by atoms with E-state index < -0.39 is 17.9 Å². The molecule has 0 radical (unpaired) electrons. The second-order valence-electron chi connectivity index (χ2n) is 9.64. The average molecular weight is 543 g/mol. The fourth-order valence-corrected chi connectivity index (χ4v) is 5.09. The number of H-pyrrole nitrogens is 1. The first-order chi connectivity index (χ1) is 18.7. The summed E-state index contributed by atoms with van der Waals surface area (Å²) in [6.07, 6.45) is -0.223. The number of carbonyl (C=O) groups excluding carboxylic acids is 1. The van der Waals surface area contributed by atoms with Gasteiger partial charge in [-0.2, -0.15) is 5.10 Å². The maximum Gasteiger partial charge on any atom is 0.303 e. The predicted octanol–water partition coefficient (Wildman–Crippen LogP) is 5.46. The molecule has 0 unspecified atom stereocenters. The van der Waals surface area contributed by atoms with Crippen LogP contribution in [0.4, 0.5) is 5.69 Å². The zero-order valence-electron chi connectivity index (χ0n) is 21.5. The molecule has 2 N–H and O–H groups in total. The van der Waals surface area contributed by atoms with Crippen LogP contribution >= 0.6 is 11.6 Å². The lowest BCUT2D eigenvalue weighted by Gasteiger charge is -2.22. The first-order valence-corrected chi connectivity index (χ1v) is 12.9. The molecule has 1 atom stereocenters. The van der Waals surface area contributed by atoms with Crippen LogP contribution in [0.3, 0.4) is 0 Å². The third-order valence-electron chi connectivity index (χ3n) is 6.84. The molecule has 1 amide bonds. The second-order valence-corrected chi connectivity index (χ2v) is 10.1. The maximum atomic E-state index is 13.6. The van der Waals surface area contributed by atoms with Crippen LogP contribution in [-0.4, -0.2) is 46.8 Å². The van der Waals surface area contributed by atoms with Crippen LogP contribution in [0.1, 0.15) is 36.4 Å². The Morgan fingerprint density at radius 2 is 1.74 bits per heavy atom. The molecule has 198 valence electrons.